The molecular formula is C12H17F2N3. The highest BCUT2D eigenvalue weighted by atomic mass is 19.1. The lowest BCUT2D eigenvalue weighted by molar-refractivity contribution is 0.428. The van der Waals surface area contributed by atoms with E-state index in [1.165, 1.54) is 0 Å². The van der Waals surface area contributed by atoms with Crippen LogP contribution in [0.3, 0.4) is 0 Å². The highest BCUT2D eigenvalue weighted by Gasteiger charge is 2.23. The van der Waals surface area contributed by atoms with Crippen molar-refractivity contribution in [2.45, 2.75) is 25.8 Å². The average molecular weight is 241 g/mol. The summed E-state index contributed by atoms with van der Waals surface area (Å²) in [5, 5.41) is 3.28. The lowest BCUT2D eigenvalue weighted by atomic mass is 10.1. The first-order valence-corrected chi connectivity index (χ1v) is 6.00. The summed E-state index contributed by atoms with van der Waals surface area (Å²) in [5.41, 5.74) is 0. The Balaban J connectivity index is 2.21. The molecule has 0 spiro atoms. The van der Waals surface area contributed by atoms with Crippen LogP contribution in [0.15, 0.2) is 12.3 Å². The van der Waals surface area contributed by atoms with Gasteiger partial charge in [-0.2, -0.15) is 0 Å². The van der Waals surface area contributed by atoms with Crippen molar-refractivity contribution in [2.24, 2.45) is 0 Å². The molecule has 2 heterocycles. The lowest BCUT2D eigenvalue weighted by Gasteiger charge is -2.34. The first kappa shape index (κ1) is 12.2. The molecule has 0 saturated carbocycles. The molecule has 94 valence electrons. The number of pyridine rings is 1. The highest BCUT2D eigenvalue weighted by Crippen LogP contribution is 2.21. The van der Waals surface area contributed by atoms with E-state index in [-0.39, 0.29) is 11.9 Å². The van der Waals surface area contributed by atoms with Gasteiger partial charge in [-0.1, -0.05) is 0 Å². The maximum absolute atomic E-state index is 13.7. The third-order valence-corrected chi connectivity index (χ3v) is 3.11. The van der Waals surface area contributed by atoms with Crippen molar-refractivity contribution in [3.63, 3.8) is 0 Å². The zero-order chi connectivity index (χ0) is 12.3. The van der Waals surface area contributed by atoms with E-state index in [4.69, 9.17) is 0 Å². The molecule has 1 aromatic heterocycles. The van der Waals surface area contributed by atoms with Crippen molar-refractivity contribution in [2.75, 3.05) is 24.5 Å². The minimum absolute atomic E-state index is 0.237. The maximum Gasteiger partial charge on any atom is 0.168 e. The molecule has 0 bridgehead atoms. The molecule has 1 fully saturated rings. The summed E-state index contributed by atoms with van der Waals surface area (Å²) in [7, 11) is 0. The molecule has 1 atom stereocenters. The first-order valence-electron chi connectivity index (χ1n) is 6.00. The zero-order valence-electron chi connectivity index (χ0n) is 9.92. The number of hydrogen-bond acceptors (Lipinski definition) is 3. The van der Waals surface area contributed by atoms with Gasteiger partial charge >= 0.3 is 0 Å². The summed E-state index contributed by atoms with van der Waals surface area (Å²) in [5.74, 6) is -0.968. The van der Waals surface area contributed by atoms with E-state index in [2.05, 4.69) is 10.3 Å². The van der Waals surface area contributed by atoms with Crippen LogP contribution in [-0.4, -0.2) is 30.7 Å². The monoisotopic (exact) mass is 241 g/mol. The van der Waals surface area contributed by atoms with E-state index in [9.17, 15) is 8.78 Å². The molecular weight excluding hydrogens is 224 g/mol. The van der Waals surface area contributed by atoms with E-state index in [0.29, 0.717) is 6.54 Å². The lowest BCUT2D eigenvalue weighted by Crippen LogP contribution is -2.46. The van der Waals surface area contributed by atoms with Crippen LogP contribution in [0.5, 0.6) is 0 Å². The third-order valence-electron chi connectivity index (χ3n) is 3.11. The third kappa shape index (κ3) is 2.72. The van der Waals surface area contributed by atoms with Gasteiger partial charge in [-0.15, -0.1) is 0 Å². The Bertz CT molecular complexity index is 378. The molecule has 0 amide bonds. The SMILES string of the molecule is CCN(c1ncc(F)cc1F)C1CCCNC1. The Hall–Kier alpha value is -1.23. The quantitative estimate of drug-likeness (QED) is 0.876. The Labute approximate surface area is 99.8 Å². The molecule has 5 heteroatoms. The van der Waals surface area contributed by atoms with Gasteiger partial charge in [0.25, 0.3) is 0 Å². The van der Waals surface area contributed by atoms with Crippen molar-refractivity contribution in [1.29, 1.82) is 0 Å². The van der Waals surface area contributed by atoms with E-state index in [1.54, 1.807) is 0 Å². The molecule has 3 nitrogen and oxygen atoms in total. The Morgan fingerprint density at radius 3 is 2.94 bits per heavy atom. The molecule has 1 unspecified atom stereocenters. The van der Waals surface area contributed by atoms with Gasteiger partial charge in [0.2, 0.25) is 0 Å². The molecule has 0 radical (unpaired) electrons. The summed E-state index contributed by atoms with van der Waals surface area (Å²) < 4.78 is 26.5. The second kappa shape index (κ2) is 5.40. The number of aromatic nitrogens is 1. The van der Waals surface area contributed by atoms with Crippen LogP contribution in [0.25, 0.3) is 0 Å². The van der Waals surface area contributed by atoms with Crippen molar-refractivity contribution >= 4 is 5.82 Å². The van der Waals surface area contributed by atoms with Crippen molar-refractivity contribution < 1.29 is 8.78 Å². The van der Waals surface area contributed by atoms with E-state index >= 15 is 0 Å². The first-order chi connectivity index (χ1) is 8.22. The van der Waals surface area contributed by atoms with Gasteiger partial charge in [-0.3, -0.25) is 0 Å². The van der Waals surface area contributed by atoms with Crippen LogP contribution in [0.2, 0.25) is 0 Å². The molecule has 1 N–H and O–H groups in total. The molecule has 1 aromatic rings. The van der Waals surface area contributed by atoms with Crippen LogP contribution in [0.1, 0.15) is 19.8 Å². The number of halogens is 2. The number of nitrogens with zero attached hydrogens (tertiary/aromatic N) is 2. The van der Waals surface area contributed by atoms with E-state index in [0.717, 1.165) is 38.2 Å². The van der Waals surface area contributed by atoms with Gasteiger partial charge in [0.05, 0.1) is 6.20 Å². The highest BCUT2D eigenvalue weighted by molar-refractivity contribution is 5.41. The number of anilines is 1. The largest absolute Gasteiger partial charge is 0.350 e. The topological polar surface area (TPSA) is 28.2 Å². The molecule has 1 saturated heterocycles. The summed E-state index contributed by atoms with van der Waals surface area (Å²) in [6, 6.07) is 1.13. The summed E-state index contributed by atoms with van der Waals surface area (Å²) in [4.78, 5) is 5.78. The summed E-state index contributed by atoms with van der Waals surface area (Å²) in [6.07, 6.45) is 3.15. The number of hydrogen-bond donors (Lipinski definition) is 1. The summed E-state index contributed by atoms with van der Waals surface area (Å²) in [6.45, 7) is 4.46. The molecule has 17 heavy (non-hydrogen) atoms. The molecule has 2 rings (SSSR count). The van der Waals surface area contributed by atoms with Crippen molar-refractivity contribution in [3.05, 3.63) is 23.9 Å². The second-order valence-electron chi connectivity index (χ2n) is 4.25. The van der Waals surface area contributed by atoms with Gasteiger partial charge < -0.3 is 10.2 Å². The van der Waals surface area contributed by atoms with Gasteiger partial charge in [0.1, 0.15) is 5.82 Å². The fourth-order valence-electron chi connectivity index (χ4n) is 2.30. The smallest absolute Gasteiger partial charge is 0.168 e. The van der Waals surface area contributed by atoms with Crippen molar-refractivity contribution in [1.82, 2.24) is 10.3 Å². The second-order valence-corrected chi connectivity index (χ2v) is 4.25. The fourth-order valence-corrected chi connectivity index (χ4v) is 2.30. The average Bonchev–Trinajstić information content (AvgIpc) is 2.34. The number of nitrogens with one attached hydrogen (secondary N) is 1. The predicted molar refractivity (Wildman–Crippen MR) is 63.1 cm³/mol. The molecule has 0 aliphatic carbocycles. The molecule has 1 aliphatic heterocycles. The molecule has 1 aliphatic rings. The van der Waals surface area contributed by atoms with Crippen LogP contribution >= 0.6 is 0 Å². The standard InChI is InChI=1S/C12H17F2N3/c1-2-17(10-4-3-5-15-8-10)12-11(14)6-9(13)7-16-12/h6-7,10,15H,2-5,8H2,1H3. The Morgan fingerprint density at radius 2 is 2.35 bits per heavy atom. The van der Waals surface area contributed by atoms with Crippen molar-refractivity contribution in [3.8, 4) is 0 Å². The minimum Gasteiger partial charge on any atom is -0.350 e. The number of piperidine rings is 1. The fraction of sp³-hybridized carbons (Fsp3) is 0.583. The van der Waals surface area contributed by atoms with Crippen LogP contribution < -0.4 is 10.2 Å². The van der Waals surface area contributed by atoms with Crippen LogP contribution in [0, 0.1) is 11.6 Å². The van der Waals surface area contributed by atoms with Gasteiger partial charge in [-0.25, -0.2) is 13.8 Å². The van der Waals surface area contributed by atoms with Crippen LogP contribution in [0.4, 0.5) is 14.6 Å². The van der Waals surface area contributed by atoms with Gasteiger partial charge in [0.15, 0.2) is 11.6 Å². The van der Waals surface area contributed by atoms with E-state index in [1.807, 2.05) is 11.8 Å². The number of likely N-dealkylation sites (N-methyl/N-ethyl adjacent to an activating group) is 1. The maximum atomic E-state index is 13.7. The predicted octanol–water partition coefficient (Wildman–Crippen LogP) is 1.94. The van der Waals surface area contributed by atoms with Crippen LogP contribution in [-0.2, 0) is 0 Å². The van der Waals surface area contributed by atoms with E-state index < -0.39 is 11.6 Å². The number of rotatable bonds is 3. The van der Waals surface area contributed by atoms with Gasteiger partial charge in [-0.05, 0) is 26.3 Å². The minimum atomic E-state index is -0.635. The van der Waals surface area contributed by atoms with Gasteiger partial charge in [0, 0.05) is 25.2 Å². The summed E-state index contributed by atoms with van der Waals surface area (Å²) >= 11 is 0. The Morgan fingerprint density at radius 1 is 1.53 bits per heavy atom. The zero-order valence-corrected chi connectivity index (χ0v) is 9.92. The normalized spacial score (nSPS) is 20.3. The molecule has 0 aromatic carbocycles. The Kier molecular flexibility index (Phi) is 3.89.